The van der Waals surface area contributed by atoms with Gasteiger partial charge < -0.3 is 15.1 Å². The third kappa shape index (κ3) is 6.95. The van der Waals surface area contributed by atoms with Crippen LogP contribution in [0.3, 0.4) is 0 Å². The molecule has 0 aliphatic carbocycles. The van der Waals surface area contributed by atoms with E-state index < -0.39 is 0 Å². The van der Waals surface area contributed by atoms with E-state index in [0.717, 1.165) is 31.2 Å². The van der Waals surface area contributed by atoms with Crippen molar-refractivity contribution in [2.45, 2.75) is 6.42 Å². The van der Waals surface area contributed by atoms with E-state index in [1.54, 1.807) is 11.3 Å². The zero-order valence-electron chi connectivity index (χ0n) is 16.4. The maximum absolute atomic E-state index is 4.70. The Kier molecular flexibility index (Phi) is 11.2. The number of aromatic nitrogens is 2. The molecule has 3 aromatic rings. The molecule has 4 rings (SSSR count). The zero-order valence-corrected chi connectivity index (χ0v) is 19.7. The molecule has 1 aliphatic heterocycles. The second-order valence-electron chi connectivity index (χ2n) is 6.84. The molecule has 0 radical (unpaired) electrons. The smallest absolute Gasteiger partial charge is 0.223 e. The molecule has 0 amide bonds. The molecule has 0 unspecified atom stereocenters. The summed E-state index contributed by atoms with van der Waals surface area (Å²) in [7, 11) is 2.19. The third-order valence-electron chi connectivity index (χ3n) is 4.86. The van der Waals surface area contributed by atoms with Crippen molar-refractivity contribution >= 4 is 64.6 Å². The summed E-state index contributed by atoms with van der Waals surface area (Å²) in [5.41, 5.74) is 0.989. The zero-order chi connectivity index (χ0) is 17.8. The Labute approximate surface area is 195 Å². The van der Waals surface area contributed by atoms with Crippen molar-refractivity contribution in [3.05, 3.63) is 42.6 Å². The molecule has 1 N–H and O–H groups in total. The van der Waals surface area contributed by atoms with Crippen LogP contribution in [0.25, 0.3) is 20.7 Å². The number of piperazine rings is 1. The minimum Gasteiger partial charge on any atom is -0.354 e. The summed E-state index contributed by atoms with van der Waals surface area (Å²) in [6.45, 7) is 6.74. The van der Waals surface area contributed by atoms with E-state index in [1.165, 1.54) is 41.1 Å². The van der Waals surface area contributed by atoms with Crippen LogP contribution in [0.5, 0.6) is 0 Å². The van der Waals surface area contributed by atoms with Crippen LogP contribution in [0.15, 0.2) is 42.6 Å². The summed E-state index contributed by atoms with van der Waals surface area (Å²) in [6.07, 6.45) is 2.95. The average molecular weight is 477 g/mol. The van der Waals surface area contributed by atoms with Crippen molar-refractivity contribution in [1.29, 1.82) is 0 Å². The van der Waals surface area contributed by atoms with Crippen molar-refractivity contribution in [3.63, 3.8) is 0 Å². The lowest BCUT2D eigenvalue weighted by Gasteiger charge is -2.32. The number of thiophene rings is 1. The minimum atomic E-state index is 0. The predicted molar refractivity (Wildman–Crippen MR) is 132 cm³/mol. The van der Waals surface area contributed by atoms with Crippen molar-refractivity contribution in [3.8, 4) is 10.6 Å². The van der Waals surface area contributed by atoms with Gasteiger partial charge in [0.1, 0.15) is 0 Å². The lowest BCUT2D eigenvalue weighted by molar-refractivity contribution is 0.154. The van der Waals surface area contributed by atoms with Crippen LogP contribution in [-0.4, -0.2) is 66.1 Å². The molecule has 0 saturated carbocycles. The Morgan fingerprint density at radius 3 is 2.55 bits per heavy atom. The number of nitrogens with one attached hydrogen (secondary N) is 1. The van der Waals surface area contributed by atoms with Gasteiger partial charge in [-0.1, -0.05) is 18.2 Å². The second-order valence-corrected chi connectivity index (χ2v) is 7.92. The average Bonchev–Trinajstić information content (AvgIpc) is 3.11. The number of likely N-dealkylation sites (N-methyl/N-ethyl adjacent to an activating group) is 1. The van der Waals surface area contributed by atoms with Crippen LogP contribution in [0.4, 0.5) is 5.95 Å². The molecule has 0 spiro atoms. The summed E-state index contributed by atoms with van der Waals surface area (Å²) in [4.78, 5) is 15.2. The fourth-order valence-electron chi connectivity index (χ4n) is 3.26. The maximum atomic E-state index is 4.70. The van der Waals surface area contributed by atoms with Gasteiger partial charge in [0.15, 0.2) is 0 Å². The van der Waals surface area contributed by atoms with E-state index in [1.807, 2.05) is 12.3 Å². The number of nitrogens with zero attached hydrogens (tertiary/aromatic N) is 4. The lowest BCUT2D eigenvalue weighted by Crippen LogP contribution is -2.44. The number of anilines is 1. The number of benzene rings is 1. The van der Waals surface area contributed by atoms with Gasteiger partial charge in [-0.3, -0.25) is 0 Å². The van der Waals surface area contributed by atoms with Crippen molar-refractivity contribution in [2.24, 2.45) is 0 Å². The molecule has 0 atom stereocenters. The highest BCUT2D eigenvalue weighted by molar-refractivity contribution is 7.22. The molecule has 29 heavy (non-hydrogen) atoms. The molecular weight excluding hydrogens is 449 g/mol. The van der Waals surface area contributed by atoms with Gasteiger partial charge in [0.2, 0.25) is 5.95 Å². The quantitative estimate of drug-likeness (QED) is 0.524. The van der Waals surface area contributed by atoms with Crippen molar-refractivity contribution in [1.82, 2.24) is 19.8 Å². The SMILES string of the molecule is CN1CCN(CCCNc2nccc(-c3cc4ccccc4s3)n2)CC1.Cl.Cl.Cl. The van der Waals surface area contributed by atoms with E-state index in [4.69, 9.17) is 4.98 Å². The van der Waals surface area contributed by atoms with E-state index in [-0.39, 0.29) is 37.2 Å². The van der Waals surface area contributed by atoms with Gasteiger partial charge in [-0.05, 0) is 43.6 Å². The van der Waals surface area contributed by atoms with Crippen molar-refractivity contribution < 1.29 is 0 Å². The van der Waals surface area contributed by atoms with Crippen LogP contribution in [-0.2, 0) is 0 Å². The summed E-state index contributed by atoms with van der Waals surface area (Å²) < 4.78 is 1.29. The highest BCUT2D eigenvalue weighted by atomic mass is 35.5. The van der Waals surface area contributed by atoms with E-state index in [0.29, 0.717) is 0 Å². The van der Waals surface area contributed by atoms with Gasteiger partial charge in [-0.2, -0.15) is 0 Å². The van der Waals surface area contributed by atoms with Crippen LogP contribution in [0, 0.1) is 0 Å². The van der Waals surface area contributed by atoms with E-state index in [9.17, 15) is 0 Å². The summed E-state index contributed by atoms with van der Waals surface area (Å²) in [6, 6.07) is 12.7. The number of fused-ring (bicyclic) bond motifs is 1. The number of rotatable bonds is 6. The van der Waals surface area contributed by atoms with Gasteiger partial charge in [-0.25, -0.2) is 9.97 Å². The topological polar surface area (TPSA) is 44.3 Å². The normalized spacial score (nSPS) is 14.5. The second kappa shape index (κ2) is 12.5. The van der Waals surface area contributed by atoms with Crippen LogP contribution >= 0.6 is 48.6 Å². The van der Waals surface area contributed by atoms with Gasteiger partial charge in [0.25, 0.3) is 0 Å². The first-order valence-electron chi connectivity index (χ1n) is 9.25. The van der Waals surface area contributed by atoms with Gasteiger partial charge in [-0.15, -0.1) is 48.6 Å². The molecule has 1 saturated heterocycles. The van der Waals surface area contributed by atoms with Crippen LogP contribution < -0.4 is 5.32 Å². The van der Waals surface area contributed by atoms with Crippen LogP contribution in [0.1, 0.15) is 6.42 Å². The van der Waals surface area contributed by atoms with Gasteiger partial charge in [0, 0.05) is 43.6 Å². The maximum Gasteiger partial charge on any atom is 0.223 e. The van der Waals surface area contributed by atoms with E-state index >= 15 is 0 Å². The fourth-order valence-corrected chi connectivity index (χ4v) is 4.30. The highest BCUT2D eigenvalue weighted by Crippen LogP contribution is 2.32. The number of hydrogen-bond acceptors (Lipinski definition) is 6. The van der Waals surface area contributed by atoms with E-state index in [2.05, 4.69) is 57.5 Å². The third-order valence-corrected chi connectivity index (χ3v) is 6.00. The summed E-state index contributed by atoms with van der Waals surface area (Å²) >= 11 is 1.78. The lowest BCUT2D eigenvalue weighted by atomic mass is 10.2. The molecule has 1 aromatic carbocycles. The highest BCUT2D eigenvalue weighted by Gasteiger charge is 2.13. The van der Waals surface area contributed by atoms with Gasteiger partial charge >= 0.3 is 0 Å². The monoisotopic (exact) mass is 475 g/mol. The first kappa shape index (κ1) is 25.9. The first-order chi connectivity index (χ1) is 12.8. The Bertz CT molecular complexity index is 835. The molecule has 0 bridgehead atoms. The molecular formula is C20H28Cl3N5S. The number of halogens is 3. The Balaban J connectivity index is 0.00000140. The minimum absolute atomic E-state index is 0. The van der Waals surface area contributed by atoms with Crippen molar-refractivity contribution in [2.75, 3.05) is 51.6 Å². The molecule has 5 nitrogen and oxygen atoms in total. The Hall–Kier alpha value is -1.15. The molecule has 2 aromatic heterocycles. The fraction of sp³-hybridized carbons (Fsp3) is 0.400. The Morgan fingerprint density at radius 2 is 1.79 bits per heavy atom. The van der Waals surface area contributed by atoms with Crippen LogP contribution in [0.2, 0.25) is 0 Å². The first-order valence-corrected chi connectivity index (χ1v) is 10.1. The molecule has 3 heterocycles. The number of hydrogen-bond donors (Lipinski definition) is 1. The molecule has 9 heteroatoms. The standard InChI is InChI=1S/C20H25N5S.3ClH/c1-24-11-13-25(14-12-24)10-4-8-21-20-22-9-7-17(23-20)19-15-16-5-2-3-6-18(16)26-19;;;/h2-3,5-7,9,15H,4,8,10-14H2,1H3,(H,21,22,23);3*1H. The molecule has 1 fully saturated rings. The summed E-state index contributed by atoms with van der Waals surface area (Å²) in [5.74, 6) is 0.721. The largest absolute Gasteiger partial charge is 0.354 e. The van der Waals surface area contributed by atoms with Gasteiger partial charge in [0.05, 0.1) is 10.6 Å². The predicted octanol–water partition coefficient (Wildman–Crippen LogP) is 4.67. The molecule has 1 aliphatic rings. The molecule has 160 valence electrons. The summed E-state index contributed by atoms with van der Waals surface area (Å²) in [5, 5.41) is 4.65. The Morgan fingerprint density at radius 1 is 1.03 bits per heavy atom.